The predicted octanol–water partition coefficient (Wildman–Crippen LogP) is 1.53. The quantitative estimate of drug-likeness (QED) is 0.910. The molecule has 1 heterocycles. The van der Waals surface area contributed by atoms with Crippen molar-refractivity contribution in [3.8, 4) is 0 Å². The van der Waals surface area contributed by atoms with Crippen molar-refractivity contribution < 1.29 is 8.42 Å². The third-order valence-electron chi connectivity index (χ3n) is 2.71. The Hall–Kier alpha value is -1.72. The average Bonchev–Trinajstić information content (AvgIpc) is 2.38. The second-order valence-electron chi connectivity index (χ2n) is 4.11. The third-order valence-corrected chi connectivity index (χ3v) is 3.84. The molecule has 0 saturated heterocycles. The van der Waals surface area contributed by atoms with E-state index >= 15 is 0 Å². The molecule has 5 heteroatoms. The van der Waals surface area contributed by atoms with Gasteiger partial charge in [0.2, 0.25) is 0 Å². The van der Waals surface area contributed by atoms with E-state index in [4.69, 9.17) is 5.73 Å². The molecule has 0 bridgehead atoms. The summed E-state index contributed by atoms with van der Waals surface area (Å²) in [6.07, 6.45) is 4.57. The van der Waals surface area contributed by atoms with Crippen molar-refractivity contribution in [3.63, 3.8) is 0 Å². The van der Waals surface area contributed by atoms with Crippen molar-refractivity contribution in [2.75, 3.05) is 6.26 Å². The smallest absolute Gasteiger partial charge is 0.175 e. The molecule has 0 radical (unpaired) electrons. The SMILES string of the molecule is CS(=O)(=O)c1ccc(C(N)c2cccnc2)cc1. The van der Waals surface area contributed by atoms with E-state index in [1.54, 1.807) is 36.7 Å². The molecule has 1 aromatic heterocycles. The minimum absolute atomic E-state index is 0.296. The Labute approximate surface area is 106 Å². The second-order valence-corrected chi connectivity index (χ2v) is 6.12. The normalized spacial score (nSPS) is 13.2. The van der Waals surface area contributed by atoms with Crippen LogP contribution in [0.4, 0.5) is 0 Å². The predicted molar refractivity (Wildman–Crippen MR) is 69.8 cm³/mol. The van der Waals surface area contributed by atoms with Gasteiger partial charge in [-0.05, 0) is 29.3 Å². The van der Waals surface area contributed by atoms with Crippen LogP contribution in [0.15, 0.2) is 53.7 Å². The zero-order valence-corrected chi connectivity index (χ0v) is 10.8. The van der Waals surface area contributed by atoms with Crippen molar-refractivity contribution in [1.82, 2.24) is 4.98 Å². The van der Waals surface area contributed by atoms with Gasteiger partial charge in [-0.3, -0.25) is 4.98 Å². The number of benzene rings is 1. The minimum Gasteiger partial charge on any atom is -0.320 e. The fourth-order valence-corrected chi connectivity index (χ4v) is 2.31. The van der Waals surface area contributed by atoms with Gasteiger partial charge >= 0.3 is 0 Å². The van der Waals surface area contributed by atoms with Gasteiger partial charge in [-0.1, -0.05) is 18.2 Å². The van der Waals surface area contributed by atoms with Gasteiger partial charge in [0.25, 0.3) is 0 Å². The van der Waals surface area contributed by atoms with Crippen LogP contribution >= 0.6 is 0 Å². The number of aromatic nitrogens is 1. The maximum absolute atomic E-state index is 11.3. The zero-order chi connectivity index (χ0) is 13.2. The van der Waals surface area contributed by atoms with E-state index in [9.17, 15) is 8.42 Å². The molecule has 94 valence electrons. The van der Waals surface area contributed by atoms with E-state index in [1.165, 1.54) is 6.26 Å². The van der Waals surface area contributed by atoms with Crippen LogP contribution in [0.5, 0.6) is 0 Å². The van der Waals surface area contributed by atoms with Gasteiger partial charge in [0.05, 0.1) is 10.9 Å². The van der Waals surface area contributed by atoms with Crippen LogP contribution in [0.2, 0.25) is 0 Å². The van der Waals surface area contributed by atoms with E-state index in [0.29, 0.717) is 4.90 Å². The molecule has 0 saturated carbocycles. The number of pyridine rings is 1. The molecule has 0 amide bonds. The summed E-state index contributed by atoms with van der Waals surface area (Å²) in [6, 6.07) is 10.0. The van der Waals surface area contributed by atoms with Crippen molar-refractivity contribution in [2.45, 2.75) is 10.9 Å². The largest absolute Gasteiger partial charge is 0.320 e. The van der Waals surface area contributed by atoms with Crippen LogP contribution in [0.1, 0.15) is 17.2 Å². The summed E-state index contributed by atoms with van der Waals surface area (Å²) in [5.41, 5.74) is 7.84. The average molecular weight is 262 g/mol. The Kier molecular flexibility index (Phi) is 3.45. The summed E-state index contributed by atoms with van der Waals surface area (Å²) >= 11 is 0. The molecule has 2 rings (SSSR count). The highest BCUT2D eigenvalue weighted by Gasteiger charge is 2.11. The molecule has 4 nitrogen and oxygen atoms in total. The van der Waals surface area contributed by atoms with E-state index in [0.717, 1.165) is 11.1 Å². The lowest BCUT2D eigenvalue weighted by atomic mass is 10.0. The number of hydrogen-bond acceptors (Lipinski definition) is 4. The molecule has 1 unspecified atom stereocenters. The Morgan fingerprint density at radius 1 is 1.11 bits per heavy atom. The van der Waals surface area contributed by atoms with Gasteiger partial charge in [-0.25, -0.2) is 8.42 Å². The molecule has 1 aromatic carbocycles. The van der Waals surface area contributed by atoms with Crippen molar-refractivity contribution >= 4 is 9.84 Å². The summed E-state index contributed by atoms with van der Waals surface area (Å²) in [6.45, 7) is 0. The van der Waals surface area contributed by atoms with Crippen LogP contribution in [0.3, 0.4) is 0 Å². The summed E-state index contributed by atoms with van der Waals surface area (Å²) in [5, 5.41) is 0. The lowest BCUT2D eigenvalue weighted by Crippen LogP contribution is -2.12. The minimum atomic E-state index is -3.16. The maximum Gasteiger partial charge on any atom is 0.175 e. The van der Waals surface area contributed by atoms with Crippen LogP contribution in [-0.4, -0.2) is 19.7 Å². The van der Waals surface area contributed by atoms with Gasteiger partial charge in [0, 0.05) is 18.6 Å². The molecule has 0 aliphatic rings. The first kappa shape index (κ1) is 12.7. The summed E-state index contributed by atoms with van der Waals surface area (Å²) in [4.78, 5) is 4.31. The van der Waals surface area contributed by atoms with Crippen LogP contribution in [0, 0.1) is 0 Å². The molecule has 1 atom stereocenters. The van der Waals surface area contributed by atoms with Crippen LogP contribution in [0.25, 0.3) is 0 Å². The number of nitrogens with two attached hydrogens (primary N) is 1. The van der Waals surface area contributed by atoms with Gasteiger partial charge in [0.15, 0.2) is 9.84 Å². The van der Waals surface area contributed by atoms with Crippen molar-refractivity contribution in [3.05, 3.63) is 59.9 Å². The Bertz CT molecular complexity index is 622. The van der Waals surface area contributed by atoms with Crippen molar-refractivity contribution in [2.24, 2.45) is 5.73 Å². The molecular weight excluding hydrogens is 248 g/mol. The van der Waals surface area contributed by atoms with E-state index < -0.39 is 9.84 Å². The van der Waals surface area contributed by atoms with E-state index in [2.05, 4.69) is 4.98 Å². The molecule has 18 heavy (non-hydrogen) atoms. The lowest BCUT2D eigenvalue weighted by molar-refractivity contribution is 0.602. The highest BCUT2D eigenvalue weighted by atomic mass is 32.2. The van der Waals surface area contributed by atoms with Gasteiger partial charge in [0.1, 0.15) is 0 Å². The standard InChI is InChI=1S/C13H14N2O2S/c1-18(16,17)12-6-4-10(5-7-12)13(14)11-3-2-8-15-9-11/h2-9,13H,14H2,1H3. The number of nitrogens with zero attached hydrogens (tertiary/aromatic N) is 1. The molecule has 0 fully saturated rings. The van der Waals surface area contributed by atoms with E-state index in [1.807, 2.05) is 12.1 Å². The highest BCUT2D eigenvalue weighted by molar-refractivity contribution is 7.90. The van der Waals surface area contributed by atoms with Gasteiger partial charge in [-0.2, -0.15) is 0 Å². The first-order valence-electron chi connectivity index (χ1n) is 5.44. The maximum atomic E-state index is 11.3. The number of hydrogen-bond donors (Lipinski definition) is 1. The van der Waals surface area contributed by atoms with E-state index in [-0.39, 0.29) is 6.04 Å². The Morgan fingerprint density at radius 3 is 2.28 bits per heavy atom. The molecule has 0 aliphatic carbocycles. The molecule has 2 N–H and O–H groups in total. The van der Waals surface area contributed by atoms with Crippen LogP contribution in [-0.2, 0) is 9.84 Å². The zero-order valence-electron chi connectivity index (χ0n) is 9.95. The fourth-order valence-electron chi connectivity index (χ4n) is 1.67. The first-order chi connectivity index (χ1) is 8.48. The first-order valence-corrected chi connectivity index (χ1v) is 7.33. The highest BCUT2D eigenvalue weighted by Crippen LogP contribution is 2.20. The van der Waals surface area contributed by atoms with Crippen LogP contribution < -0.4 is 5.73 Å². The molecule has 2 aromatic rings. The fraction of sp³-hybridized carbons (Fsp3) is 0.154. The topological polar surface area (TPSA) is 73.0 Å². The third kappa shape index (κ3) is 2.75. The van der Waals surface area contributed by atoms with Crippen molar-refractivity contribution in [1.29, 1.82) is 0 Å². The molecule has 0 spiro atoms. The Balaban J connectivity index is 2.31. The summed E-state index contributed by atoms with van der Waals surface area (Å²) in [7, 11) is -3.16. The summed E-state index contributed by atoms with van der Waals surface area (Å²) in [5.74, 6) is 0. The summed E-state index contributed by atoms with van der Waals surface area (Å²) < 4.78 is 22.7. The molecular formula is C13H14N2O2S. The Morgan fingerprint density at radius 2 is 1.78 bits per heavy atom. The van der Waals surface area contributed by atoms with Gasteiger partial charge < -0.3 is 5.73 Å². The number of sulfone groups is 1. The van der Waals surface area contributed by atoms with Gasteiger partial charge in [-0.15, -0.1) is 0 Å². The lowest BCUT2D eigenvalue weighted by Gasteiger charge is -2.12. The second kappa shape index (κ2) is 4.88. The number of rotatable bonds is 3. The monoisotopic (exact) mass is 262 g/mol. The molecule has 0 aliphatic heterocycles.